The number of hydroxylamine groups is 2. The Morgan fingerprint density at radius 1 is 1.40 bits per heavy atom. The maximum atomic E-state index is 5.67. The van der Waals surface area contributed by atoms with Gasteiger partial charge in [0.15, 0.2) is 0 Å². The summed E-state index contributed by atoms with van der Waals surface area (Å²) in [5, 5.41) is 1.93. The van der Waals surface area contributed by atoms with E-state index in [4.69, 9.17) is 19.0 Å². The first-order chi connectivity index (χ1) is 9.80. The SMILES string of the molecule is C=CCN(CC[Si]C=C(OCC)OCC)OCC1CO1. The van der Waals surface area contributed by atoms with Crippen molar-refractivity contribution in [2.24, 2.45) is 0 Å². The second-order valence-electron chi connectivity index (χ2n) is 4.21. The normalized spacial score (nSPS) is 16.9. The van der Waals surface area contributed by atoms with E-state index in [2.05, 4.69) is 6.58 Å². The van der Waals surface area contributed by atoms with E-state index in [9.17, 15) is 0 Å². The molecule has 0 N–H and O–H groups in total. The Morgan fingerprint density at radius 3 is 2.65 bits per heavy atom. The minimum atomic E-state index is 0.284. The standard InChI is InChI=1S/C14H25NO4Si/c1-4-7-15(19-11-13-10-18-13)8-9-20-12-14(16-5-2)17-6-3/h4,12-13H,1,5-11H2,2-3H3. The second-order valence-corrected chi connectivity index (χ2v) is 5.41. The average molecular weight is 299 g/mol. The molecule has 5 nitrogen and oxygen atoms in total. The lowest BCUT2D eigenvalue weighted by molar-refractivity contribution is -0.151. The van der Waals surface area contributed by atoms with Crippen molar-refractivity contribution in [3.8, 4) is 0 Å². The van der Waals surface area contributed by atoms with E-state index < -0.39 is 0 Å². The lowest BCUT2D eigenvalue weighted by Crippen LogP contribution is -2.27. The Labute approximate surface area is 124 Å². The molecule has 0 spiro atoms. The molecular weight excluding hydrogens is 274 g/mol. The lowest BCUT2D eigenvalue weighted by atomic mass is 10.5. The molecule has 1 atom stereocenters. The van der Waals surface area contributed by atoms with Gasteiger partial charge in [-0.2, -0.15) is 5.06 Å². The highest BCUT2D eigenvalue weighted by atomic mass is 28.2. The largest absolute Gasteiger partial charge is 0.466 e. The Balaban J connectivity index is 2.19. The molecule has 114 valence electrons. The maximum Gasteiger partial charge on any atom is 0.270 e. The van der Waals surface area contributed by atoms with Crippen LogP contribution in [0.2, 0.25) is 6.04 Å². The van der Waals surface area contributed by atoms with Crippen LogP contribution in [0, 0.1) is 0 Å². The van der Waals surface area contributed by atoms with E-state index >= 15 is 0 Å². The van der Waals surface area contributed by atoms with E-state index in [-0.39, 0.29) is 6.10 Å². The fourth-order valence-electron chi connectivity index (χ4n) is 1.46. The highest BCUT2D eigenvalue weighted by Crippen LogP contribution is 2.10. The van der Waals surface area contributed by atoms with Crippen molar-refractivity contribution in [2.45, 2.75) is 26.0 Å². The fraction of sp³-hybridized carbons (Fsp3) is 0.714. The summed E-state index contributed by atoms with van der Waals surface area (Å²) in [6.45, 7) is 12.0. The van der Waals surface area contributed by atoms with Crippen LogP contribution in [0.1, 0.15) is 13.8 Å². The van der Waals surface area contributed by atoms with Gasteiger partial charge in [0.2, 0.25) is 0 Å². The van der Waals surface area contributed by atoms with Crippen molar-refractivity contribution < 1.29 is 19.0 Å². The Morgan fingerprint density at radius 2 is 2.10 bits per heavy atom. The molecule has 1 aliphatic heterocycles. The van der Waals surface area contributed by atoms with Crippen molar-refractivity contribution in [3.63, 3.8) is 0 Å². The van der Waals surface area contributed by atoms with E-state index in [0.717, 1.165) is 25.7 Å². The lowest BCUT2D eigenvalue weighted by Gasteiger charge is -2.19. The molecule has 1 heterocycles. The molecule has 0 amide bonds. The summed E-state index contributed by atoms with van der Waals surface area (Å²) >= 11 is 0. The zero-order valence-electron chi connectivity index (χ0n) is 12.5. The third-order valence-electron chi connectivity index (χ3n) is 2.48. The van der Waals surface area contributed by atoms with Gasteiger partial charge in [-0.15, -0.1) is 6.58 Å². The fourth-order valence-corrected chi connectivity index (χ4v) is 2.32. The molecule has 1 unspecified atom stereocenters. The van der Waals surface area contributed by atoms with Gasteiger partial charge in [-0.05, 0) is 25.6 Å². The molecule has 1 saturated heterocycles. The summed E-state index contributed by atoms with van der Waals surface area (Å²) in [7, 11) is 0.645. The monoisotopic (exact) mass is 299 g/mol. The number of epoxide rings is 1. The average Bonchev–Trinajstić information content (AvgIpc) is 3.25. The van der Waals surface area contributed by atoms with Crippen LogP contribution in [-0.4, -0.2) is 60.2 Å². The molecular formula is C14H25NO4Si. The van der Waals surface area contributed by atoms with E-state index in [1.165, 1.54) is 0 Å². The number of hydrogen-bond acceptors (Lipinski definition) is 5. The molecule has 2 radical (unpaired) electrons. The van der Waals surface area contributed by atoms with Gasteiger partial charge in [0.05, 0.1) is 35.9 Å². The molecule has 0 aromatic rings. The van der Waals surface area contributed by atoms with E-state index in [1.54, 1.807) is 0 Å². The third kappa shape index (κ3) is 8.37. The molecule has 0 aromatic heterocycles. The van der Waals surface area contributed by atoms with E-state index in [1.807, 2.05) is 30.7 Å². The predicted molar refractivity (Wildman–Crippen MR) is 79.4 cm³/mol. The molecule has 0 saturated carbocycles. The van der Waals surface area contributed by atoms with Crippen LogP contribution in [0.3, 0.4) is 0 Å². The van der Waals surface area contributed by atoms with Gasteiger partial charge in [0, 0.05) is 13.1 Å². The smallest absolute Gasteiger partial charge is 0.270 e. The van der Waals surface area contributed by atoms with Gasteiger partial charge in [0.1, 0.15) is 6.10 Å². The summed E-state index contributed by atoms with van der Waals surface area (Å²) in [5.74, 6) is 0.635. The van der Waals surface area contributed by atoms with Crippen LogP contribution in [0.5, 0.6) is 0 Å². The van der Waals surface area contributed by atoms with Gasteiger partial charge in [0.25, 0.3) is 5.95 Å². The van der Waals surface area contributed by atoms with Crippen molar-refractivity contribution in [1.82, 2.24) is 5.06 Å². The van der Waals surface area contributed by atoms with Crippen LogP contribution in [0.15, 0.2) is 24.3 Å². The summed E-state index contributed by atoms with van der Waals surface area (Å²) in [6, 6.07) is 1.00. The number of ether oxygens (including phenoxy) is 3. The van der Waals surface area contributed by atoms with Gasteiger partial charge in [-0.25, -0.2) is 0 Å². The molecule has 1 rings (SSSR count). The Kier molecular flexibility index (Phi) is 9.39. The Bertz CT molecular complexity index is 287. The molecule has 0 aromatic carbocycles. The van der Waals surface area contributed by atoms with Crippen LogP contribution in [0.25, 0.3) is 0 Å². The molecule has 0 bridgehead atoms. The predicted octanol–water partition coefficient (Wildman–Crippen LogP) is 1.80. The van der Waals surface area contributed by atoms with Crippen molar-refractivity contribution >= 4 is 9.52 Å². The third-order valence-corrected chi connectivity index (χ3v) is 3.43. The number of nitrogens with zero attached hydrogens (tertiary/aromatic N) is 1. The van der Waals surface area contributed by atoms with Crippen LogP contribution in [0.4, 0.5) is 0 Å². The first kappa shape index (κ1) is 17.2. The molecule has 0 aliphatic carbocycles. The van der Waals surface area contributed by atoms with Crippen LogP contribution < -0.4 is 0 Å². The highest BCUT2D eigenvalue weighted by Gasteiger charge is 2.23. The first-order valence-electron chi connectivity index (χ1n) is 7.09. The number of hydrogen-bond donors (Lipinski definition) is 0. The minimum absolute atomic E-state index is 0.284. The van der Waals surface area contributed by atoms with E-state index in [0.29, 0.717) is 35.3 Å². The molecule has 20 heavy (non-hydrogen) atoms. The van der Waals surface area contributed by atoms with Gasteiger partial charge >= 0.3 is 0 Å². The summed E-state index contributed by atoms with van der Waals surface area (Å²) < 4.78 is 15.9. The van der Waals surface area contributed by atoms with Crippen molar-refractivity contribution in [1.29, 1.82) is 0 Å². The van der Waals surface area contributed by atoms with Gasteiger partial charge in [-0.3, -0.25) is 4.84 Å². The topological polar surface area (TPSA) is 43.5 Å². The zero-order valence-corrected chi connectivity index (χ0v) is 13.5. The second kappa shape index (κ2) is 10.9. The quantitative estimate of drug-likeness (QED) is 0.130. The number of rotatable bonds is 13. The van der Waals surface area contributed by atoms with Crippen LogP contribution in [-0.2, 0) is 19.0 Å². The zero-order chi connectivity index (χ0) is 14.6. The van der Waals surface area contributed by atoms with Gasteiger partial charge < -0.3 is 14.2 Å². The van der Waals surface area contributed by atoms with Crippen LogP contribution >= 0.6 is 0 Å². The molecule has 6 heteroatoms. The maximum absolute atomic E-state index is 5.67. The summed E-state index contributed by atoms with van der Waals surface area (Å²) in [5.41, 5.74) is 2.02. The summed E-state index contributed by atoms with van der Waals surface area (Å²) in [6.07, 6.45) is 2.13. The first-order valence-corrected chi connectivity index (χ1v) is 8.38. The molecule has 1 fully saturated rings. The molecule has 1 aliphatic rings. The van der Waals surface area contributed by atoms with Crippen molar-refractivity contribution in [3.05, 3.63) is 24.3 Å². The summed E-state index contributed by atoms with van der Waals surface area (Å²) in [4.78, 5) is 5.67. The minimum Gasteiger partial charge on any atom is -0.466 e. The highest BCUT2D eigenvalue weighted by molar-refractivity contribution is 6.42. The Hall–Kier alpha value is -0.823. The van der Waals surface area contributed by atoms with Gasteiger partial charge in [-0.1, -0.05) is 6.08 Å². The van der Waals surface area contributed by atoms with Crippen molar-refractivity contribution in [2.75, 3.05) is 39.5 Å².